The van der Waals surface area contributed by atoms with Crippen LogP contribution in [0.4, 0.5) is 0 Å². The van der Waals surface area contributed by atoms with Crippen LogP contribution in [0.25, 0.3) is 0 Å². The van der Waals surface area contributed by atoms with E-state index in [4.69, 9.17) is 0 Å². The topological polar surface area (TPSA) is 29.4 Å². The van der Waals surface area contributed by atoms with Crippen molar-refractivity contribution < 1.29 is 4.79 Å². The molecule has 0 amide bonds. The van der Waals surface area contributed by atoms with Crippen LogP contribution >= 0.6 is 11.8 Å². The van der Waals surface area contributed by atoms with E-state index < -0.39 is 0 Å². The molecule has 0 spiro atoms. The Morgan fingerprint density at radius 1 is 2.00 bits per heavy atom. The van der Waals surface area contributed by atoms with Gasteiger partial charge in [0.05, 0.1) is 6.54 Å². The van der Waals surface area contributed by atoms with Crippen LogP contribution in [-0.2, 0) is 4.79 Å². The van der Waals surface area contributed by atoms with Gasteiger partial charge in [-0.3, -0.25) is 9.79 Å². The Bertz CT molecular complexity index is 110. The van der Waals surface area contributed by atoms with Gasteiger partial charge in [-0.1, -0.05) is 11.8 Å². The zero-order valence-corrected chi connectivity index (χ0v) is 4.44. The number of carbonyl (C=O) groups is 1. The molecule has 1 heterocycles. The van der Waals surface area contributed by atoms with Crippen molar-refractivity contribution in [1.29, 1.82) is 0 Å². The molecule has 0 aromatic heterocycles. The van der Waals surface area contributed by atoms with Crippen molar-refractivity contribution >= 4 is 23.1 Å². The van der Waals surface area contributed by atoms with Crippen LogP contribution in [0.2, 0.25) is 0 Å². The number of thioether (sulfide) groups is 1. The van der Waals surface area contributed by atoms with E-state index in [0.29, 0.717) is 11.6 Å². The first-order valence-corrected chi connectivity index (χ1v) is 2.79. The van der Waals surface area contributed by atoms with Crippen molar-refractivity contribution in [3.63, 3.8) is 0 Å². The standard InChI is InChI=1S/C4H4NOS/c6-3-4-5-1-2-7-4/h2-3H,1H2. The molecule has 0 atom stereocenters. The first-order chi connectivity index (χ1) is 3.43. The number of rotatable bonds is 1. The molecule has 0 bridgehead atoms. The molecule has 0 aromatic rings. The Kier molecular flexibility index (Phi) is 1.46. The molecular formula is C4H4NOS. The molecule has 0 unspecified atom stereocenters. The third-order valence-corrected chi connectivity index (χ3v) is 1.41. The normalized spacial score (nSPS) is 19.1. The summed E-state index contributed by atoms with van der Waals surface area (Å²) in [4.78, 5) is 13.6. The second-order valence-corrected chi connectivity index (χ2v) is 2.07. The number of hydrogen-bond donors (Lipinski definition) is 0. The van der Waals surface area contributed by atoms with Gasteiger partial charge in [0.1, 0.15) is 5.04 Å². The molecule has 0 saturated carbocycles. The van der Waals surface area contributed by atoms with Gasteiger partial charge < -0.3 is 0 Å². The minimum Gasteiger partial charge on any atom is -0.296 e. The quantitative estimate of drug-likeness (QED) is 0.464. The molecule has 0 N–H and O–H groups in total. The molecule has 1 aliphatic rings. The van der Waals surface area contributed by atoms with E-state index in [-0.39, 0.29) is 0 Å². The van der Waals surface area contributed by atoms with Crippen LogP contribution in [0.3, 0.4) is 0 Å². The number of nitrogens with zero attached hydrogens (tertiary/aromatic N) is 1. The van der Waals surface area contributed by atoms with E-state index >= 15 is 0 Å². The van der Waals surface area contributed by atoms with E-state index in [1.54, 1.807) is 0 Å². The average molecular weight is 114 g/mol. The lowest BCUT2D eigenvalue weighted by Crippen LogP contribution is -1.84. The summed E-state index contributed by atoms with van der Waals surface area (Å²) < 4.78 is 0. The maximum Gasteiger partial charge on any atom is 0.174 e. The van der Waals surface area contributed by atoms with Crippen molar-refractivity contribution in [1.82, 2.24) is 0 Å². The Morgan fingerprint density at radius 3 is 3.14 bits per heavy atom. The van der Waals surface area contributed by atoms with Crippen molar-refractivity contribution in [2.45, 2.75) is 0 Å². The molecule has 0 aromatic carbocycles. The van der Waals surface area contributed by atoms with Crippen LogP contribution in [0, 0.1) is 5.75 Å². The number of carbonyl (C=O) groups excluding carboxylic acids is 1. The number of aldehydes is 1. The fourth-order valence-electron chi connectivity index (χ4n) is 0.352. The van der Waals surface area contributed by atoms with E-state index in [2.05, 4.69) is 4.99 Å². The molecule has 0 fully saturated rings. The summed E-state index contributed by atoms with van der Waals surface area (Å²) in [6.07, 6.45) is 0.772. The van der Waals surface area contributed by atoms with Crippen LogP contribution in [0.5, 0.6) is 0 Å². The Labute approximate surface area is 46.0 Å². The second-order valence-electron chi connectivity index (χ2n) is 1.08. The molecule has 1 rings (SSSR count). The van der Waals surface area contributed by atoms with E-state index in [0.717, 1.165) is 6.29 Å². The lowest BCUT2D eigenvalue weighted by Gasteiger charge is -1.75. The summed E-state index contributed by atoms with van der Waals surface area (Å²) in [7, 11) is 0. The highest BCUT2D eigenvalue weighted by Gasteiger charge is 2.03. The van der Waals surface area contributed by atoms with Gasteiger partial charge in [-0.25, -0.2) is 0 Å². The molecule has 7 heavy (non-hydrogen) atoms. The van der Waals surface area contributed by atoms with Gasteiger partial charge in [0, 0.05) is 5.75 Å². The highest BCUT2D eigenvalue weighted by atomic mass is 32.2. The SMILES string of the molecule is O=CC1=NC[CH]S1. The van der Waals surface area contributed by atoms with Gasteiger partial charge in [-0.05, 0) is 0 Å². The average Bonchev–Trinajstić information content (AvgIpc) is 2.14. The predicted octanol–water partition coefficient (Wildman–Crippen LogP) is 0.492. The Hall–Kier alpha value is -0.310. The van der Waals surface area contributed by atoms with Crippen LogP contribution < -0.4 is 0 Å². The summed E-state index contributed by atoms with van der Waals surface area (Å²) in [5.41, 5.74) is 0. The summed E-state index contributed by atoms with van der Waals surface area (Å²) >= 11 is 1.40. The maximum absolute atomic E-state index is 9.84. The van der Waals surface area contributed by atoms with Gasteiger partial charge in [0.25, 0.3) is 0 Å². The van der Waals surface area contributed by atoms with Gasteiger partial charge >= 0.3 is 0 Å². The summed E-state index contributed by atoms with van der Waals surface area (Å²) in [6, 6.07) is 0. The first-order valence-electron chi connectivity index (χ1n) is 1.91. The molecule has 0 saturated heterocycles. The molecular weight excluding hydrogens is 110 g/mol. The third kappa shape index (κ3) is 1.03. The van der Waals surface area contributed by atoms with Gasteiger partial charge in [-0.15, -0.1) is 0 Å². The van der Waals surface area contributed by atoms with Gasteiger partial charge in [0.2, 0.25) is 0 Å². The second kappa shape index (κ2) is 2.12. The lowest BCUT2D eigenvalue weighted by atomic mass is 10.7. The van der Waals surface area contributed by atoms with Crippen molar-refractivity contribution in [2.75, 3.05) is 6.54 Å². The minimum absolute atomic E-state index is 0.597. The third-order valence-electron chi connectivity index (χ3n) is 0.627. The van der Waals surface area contributed by atoms with Crippen molar-refractivity contribution in [3.05, 3.63) is 5.75 Å². The molecule has 3 heteroatoms. The summed E-state index contributed by atoms with van der Waals surface area (Å²) in [5, 5.41) is 0.597. The molecule has 0 aliphatic carbocycles. The number of aliphatic imine (C=N–C) groups is 1. The zero-order chi connectivity index (χ0) is 5.11. The first kappa shape index (κ1) is 4.84. The molecule has 1 radical (unpaired) electrons. The fourth-order valence-corrected chi connectivity index (χ4v) is 0.877. The molecule has 37 valence electrons. The predicted molar refractivity (Wildman–Crippen MR) is 30.3 cm³/mol. The monoisotopic (exact) mass is 114 g/mol. The van der Waals surface area contributed by atoms with E-state index in [1.165, 1.54) is 11.8 Å². The molecule has 1 aliphatic heterocycles. The maximum atomic E-state index is 9.84. The van der Waals surface area contributed by atoms with Gasteiger partial charge in [0.15, 0.2) is 6.29 Å². The van der Waals surface area contributed by atoms with E-state index in [1.807, 2.05) is 5.75 Å². The smallest absolute Gasteiger partial charge is 0.174 e. The summed E-state index contributed by atoms with van der Waals surface area (Å²) in [6.45, 7) is 0.693. The van der Waals surface area contributed by atoms with Crippen molar-refractivity contribution in [2.24, 2.45) is 4.99 Å². The lowest BCUT2D eigenvalue weighted by molar-refractivity contribution is -0.102. The van der Waals surface area contributed by atoms with Gasteiger partial charge in [-0.2, -0.15) is 0 Å². The zero-order valence-electron chi connectivity index (χ0n) is 3.63. The summed E-state index contributed by atoms with van der Waals surface area (Å²) in [5.74, 6) is 1.89. The minimum atomic E-state index is 0.597. The Morgan fingerprint density at radius 2 is 2.86 bits per heavy atom. The van der Waals surface area contributed by atoms with Crippen LogP contribution in [0.15, 0.2) is 4.99 Å². The van der Waals surface area contributed by atoms with E-state index in [9.17, 15) is 4.79 Å². The molecule has 2 nitrogen and oxygen atoms in total. The Balaban J connectivity index is 2.51. The highest BCUT2D eigenvalue weighted by Crippen LogP contribution is 2.13. The number of hydrogen-bond acceptors (Lipinski definition) is 3. The van der Waals surface area contributed by atoms with Crippen molar-refractivity contribution in [3.8, 4) is 0 Å². The highest BCUT2D eigenvalue weighted by molar-refractivity contribution is 8.17. The van der Waals surface area contributed by atoms with Crippen LogP contribution in [0.1, 0.15) is 0 Å². The van der Waals surface area contributed by atoms with Crippen LogP contribution in [-0.4, -0.2) is 17.9 Å². The fraction of sp³-hybridized carbons (Fsp3) is 0.250. The largest absolute Gasteiger partial charge is 0.296 e.